The number of nitrogens with zero attached hydrogens (tertiary/aromatic N) is 1. The highest BCUT2D eigenvalue weighted by molar-refractivity contribution is 8.76. The van der Waals surface area contributed by atoms with Crippen LogP contribution in [-0.2, 0) is 97.6 Å². The van der Waals surface area contributed by atoms with Gasteiger partial charge in [-0.25, -0.2) is 9.78 Å². The zero-order valence-electron chi connectivity index (χ0n) is 62.0. The van der Waals surface area contributed by atoms with E-state index in [2.05, 4.69) is 78.8 Å². The predicted molar refractivity (Wildman–Crippen MR) is 409 cm³/mol. The lowest BCUT2D eigenvalue weighted by Gasteiger charge is -2.29. The Labute approximate surface area is 651 Å². The number of hydrogen-bond acceptors (Lipinski definition) is 23. The van der Waals surface area contributed by atoms with Gasteiger partial charge in [-0.2, -0.15) is 0 Å². The summed E-state index contributed by atoms with van der Waals surface area (Å²) in [6.45, 7) is 4.05. The van der Waals surface area contributed by atoms with Gasteiger partial charge in [0.15, 0.2) is 0 Å². The zero-order valence-corrected chi connectivity index (χ0v) is 63.6. The minimum absolute atomic E-state index is 0.105. The van der Waals surface area contributed by atoms with Gasteiger partial charge >= 0.3 is 5.97 Å². The molecule has 1 saturated heterocycles. The number of aromatic hydroxyl groups is 1. The number of imidazole rings is 1. The van der Waals surface area contributed by atoms with Crippen LogP contribution in [0.2, 0.25) is 0 Å². The molecule has 6 rings (SSSR count). The van der Waals surface area contributed by atoms with Gasteiger partial charge < -0.3 is 117 Å². The number of unbranched alkanes of at least 4 members (excludes halogenated alkanes) is 1. The van der Waals surface area contributed by atoms with Crippen molar-refractivity contribution in [3.05, 3.63) is 120 Å². The third-order valence-corrected chi connectivity index (χ3v) is 20.6. The number of primary amides is 2. The van der Waals surface area contributed by atoms with E-state index in [1.54, 1.807) is 74.6 Å². The number of H-pyrrole nitrogens is 2. The number of carbonyl (C=O) groups excluding carboxylic acids is 14. The Morgan fingerprint density at radius 1 is 0.500 bits per heavy atom. The van der Waals surface area contributed by atoms with Crippen LogP contribution in [-0.4, -0.2) is 234 Å². The molecule has 0 spiro atoms. The smallest absolute Gasteiger partial charge is 0.327 e. The highest BCUT2D eigenvalue weighted by Gasteiger charge is 2.40. The SMILES string of the molecule is CC[C@H](C)[C@@H]1NC(=O)C(CC(N)=O)NC(=O)[C@H](CO)NC(=O)C(Cc2ccccc2)NC(=O)[C@H](Cc2ccc(O)cc2)NC(=O)C(CCCCN)NC(=O)[C@H](CC(N)=O)NC(=O)[C@H](CO)NC(=O)C(C(C)C)NC(=O)[C@@H](N)CSSCC(C(=O)O)NC(=O)[C@H](Cc2c[nH]c3ccccc23)NC(=O)C(Cc2c[nH]cn2)NC1=O. The van der Waals surface area contributed by atoms with E-state index in [1.165, 1.54) is 50.6 Å². The summed E-state index contributed by atoms with van der Waals surface area (Å²) < 4.78 is 0. The van der Waals surface area contributed by atoms with E-state index in [0.717, 1.165) is 21.6 Å². The van der Waals surface area contributed by atoms with Crippen molar-refractivity contribution in [1.82, 2.24) is 78.8 Å². The first-order valence-electron chi connectivity index (χ1n) is 36.0. The van der Waals surface area contributed by atoms with Crippen LogP contribution in [0.25, 0.3) is 10.9 Å². The van der Waals surface area contributed by atoms with Gasteiger partial charge in [-0.1, -0.05) is 116 Å². The maximum atomic E-state index is 14.9. The number of rotatable bonds is 22. The Morgan fingerprint density at radius 2 is 0.946 bits per heavy atom. The summed E-state index contributed by atoms with van der Waals surface area (Å²) in [5.41, 5.74) is 25.4. The Hall–Kier alpha value is -11.2. The number of aliphatic carboxylic acids is 1. The van der Waals surface area contributed by atoms with Crippen molar-refractivity contribution in [3.8, 4) is 5.75 Å². The summed E-state index contributed by atoms with van der Waals surface area (Å²) in [6, 6.07) is -1.64. The molecule has 0 radical (unpaired) electrons. The monoisotopic (exact) mass is 1600 g/mol. The number of fused-ring (bicyclic) bond motifs is 1. The normalized spacial score (nSPS) is 24.6. The van der Waals surface area contributed by atoms with Crippen LogP contribution in [0.5, 0.6) is 5.75 Å². The number of aromatic nitrogens is 3. The number of amides is 14. The molecule has 38 nitrogen and oxygen atoms in total. The lowest BCUT2D eigenvalue weighted by molar-refractivity contribution is -0.141. The number of carboxylic acids is 1. The van der Waals surface area contributed by atoms with Gasteiger partial charge in [0.2, 0.25) is 82.7 Å². The second kappa shape index (κ2) is 44.6. The molecule has 0 aliphatic carbocycles. The van der Waals surface area contributed by atoms with Gasteiger partial charge in [-0.15, -0.1) is 0 Å². The van der Waals surface area contributed by atoms with E-state index in [-0.39, 0.29) is 80.9 Å². The van der Waals surface area contributed by atoms with E-state index in [9.17, 15) is 92.3 Å². The average Bonchev–Trinajstić information content (AvgIpc) is 1.60. The number of phenols is 1. The number of phenolic OH excluding ortho intramolecular Hbond substituents is 1. The minimum Gasteiger partial charge on any atom is -0.508 e. The van der Waals surface area contributed by atoms with E-state index in [4.69, 9.17) is 22.9 Å². The van der Waals surface area contributed by atoms with Crippen molar-refractivity contribution in [2.75, 3.05) is 31.3 Å². The summed E-state index contributed by atoms with van der Waals surface area (Å²) in [5.74, 6) is -19.3. The molecule has 0 bridgehead atoms. The first-order valence-corrected chi connectivity index (χ1v) is 38.5. The summed E-state index contributed by atoms with van der Waals surface area (Å²) in [5, 5.41) is 72.3. The lowest BCUT2D eigenvalue weighted by atomic mass is 9.96. The molecule has 608 valence electrons. The van der Waals surface area contributed by atoms with Gasteiger partial charge in [0, 0.05) is 60.5 Å². The number of hydrogen-bond donors (Lipinski definition) is 22. The Kier molecular flexibility index (Phi) is 35.7. The molecule has 14 amide bonds. The molecular weight excluding hydrogens is 1500 g/mol. The van der Waals surface area contributed by atoms with Gasteiger partial charge in [0.25, 0.3) is 0 Å². The predicted octanol–water partition coefficient (Wildman–Crippen LogP) is -4.94. The average molecular weight is 1600 g/mol. The number of aliphatic hydroxyl groups is 2. The minimum atomic E-state index is -1.98. The van der Waals surface area contributed by atoms with E-state index in [1.807, 2.05) is 0 Å². The Balaban J connectivity index is 1.40. The molecule has 40 heteroatoms. The third kappa shape index (κ3) is 28.0. The fourth-order valence-electron chi connectivity index (χ4n) is 11.6. The summed E-state index contributed by atoms with van der Waals surface area (Å²) >= 11 is 0. The summed E-state index contributed by atoms with van der Waals surface area (Å²) in [6.07, 6.45) is 1.47. The van der Waals surface area contributed by atoms with Crippen LogP contribution in [0, 0.1) is 11.8 Å². The van der Waals surface area contributed by atoms with Crippen LogP contribution in [0.4, 0.5) is 0 Å². The van der Waals surface area contributed by atoms with E-state index in [0.29, 0.717) is 27.6 Å². The topological polar surface area (TPSA) is 630 Å². The van der Waals surface area contributed by atoms with Gasteiger partial charge in [-0.05, 0) is 72.5 Å². The molecule has 0 saturated carbocycles. The largest absolute Gasteiger partial charge is 0.508 e. The fraction of sp³-hybridized carbons (Fsp3) is 0.472. The maximum absolute atomic E-state index is 14.9. The van der Waals surface area contributed by atoms with Crippen LogP contribution in [0.15, 0.2) is 97.6 Å². The molecule has 1 aliphatic rings. The second-order valence-corrected chi connectivity index (χ2v) is 29.7. The zero-order chi connectivity index (χ0) is 82.3. The lowest BCUT2D eigenvalue weighted by Crippen LogP contribution is -2.62. The molecule has 1 aliphatic heterocycles. The van der Waals surface area contributed by atoms with Crippen LogP contribution < -0.4 is 86.7 Å². The van der Waals surface area contributed by atoms with Crippen molar-refractivity contribution in [3.63, 3.8) is 0 Å². The molecule has 112 heavy (non-hydrogen) atoms. The molecule has 3 heterocycles. The number of aliphatic hydroxyl groups excluding tert-OH is 2. The van der Waals surface area contributed by atoms with Crippen molar-refractivity contribution in [2.24, 2.45) is 34.8 Å². The number of nitrogens with one attached hydrogen (secondary N) is 14. The Morgan fingerprint density at radius 3 is 1.48 bits per heavy atom. The molecule has 26 N–H and O–H groups in total. The number of carboxylic acid groups (broad SMARTS) is 1. The molecular formula is C72H99N19O19S2. The highest BCUT2D eigenvalue weighted by atomic mass is 33.1. The second-order valence-electron chi connectivity index (χ2n) is 27.1. The number of aromatic amines is 2. The summed E-state index contributed by atoms with van der Waals surface area (Å²) in [4.78, 5) is 222. The number of nitrogens with two attached hydrogens (primary N) is 4. The maximum Gasteiger partial charge on any atom is 0.327 e. The van der Waals surface area contributed by atoms with Crippen molar-refractivity contribution < 1.29 is 92.3 Å². The van der Waals surface area contributed by atoms with Crippen LogP contribution in [0.3, 0.4) is 0 Å². The van der Waals surface area contributed by atoms with Crippen LogP contribution in [0.1, 0.15) is 88.6 Å². The number of benzene rings is 3. The molecule has 2 aromatic heterocycles. The number of para-hydroxylation sites is 1. The third-order valence-electron chi connectivity index (χ3n) is 18.1. The molecule has 3 aromatic carbocycles. The van der Waals surface area contributed by atoms with E-state index < -0.39 is 205 Å². The molecule has 6 unspecified atom stereocenters. The number of carbonyl (C=O) groups is 15. The fourth-order valence-corrected chi connectivity index (χ4v) is 13.9. The van der Waals surface area contributed by atoms with E-state index >= 15 is 0 Å². The van der Waals surface area contributed by atoms with Crippen molar-refractivity contribution in [1.29, 1.82) is 0 Å². The first kappa shape index (κ1) is 89.7. The quantitative estimate of drug-likeness (QED) is 0.0228. The Bertz CT molecular complexity index is 4080. The highest BCUT2D eigenvalue weighted by Crippen LogP contribution is 2.25. The molecule has 5 aromatic rings. The molecule has 14 atom stereocenters. The van der Waals surface area contributed by atoms with Gasteiger partial charge in [-0.3, -0.25) is 67.1 Å². The van der Waals surface area contributed by atoms with Crippen molar-refractivity contribution in [2.45, 2.75) is 170 Å². The van der Waals surface area contributed by atoms with Crippen LogP contribution >= 0.6 is 21.6 Å². The standard InChI is InChI=1S/C72H99N19O19S2/c1-5-37(4)59-71(108)86-50(26-41-30-77-35-79-41)65(102)83-49(25-40-29-78-45-16-10-9-15-43(40)45)64(101)89-55(72(109)110)34-112-111-33-44(74)60(97)90-58(36(2)3)70(107)88-54(32-93)69(106)84-51(27-56(75)95)66(103)80-46(17-11-12-22-73)61(98)81-48(24-39-18-20-42(94)21-19-39)62(99)82-47(23-38-13-7-6-8-14-38)63(100)87-53(31-92)68(105)85-52(28-57(76)96)67(104)91-59/h6-10,13-16,18-21,29-30,35-37,44,46-55,58-59,78,92-94H,5,11-12,17,22-28,31-34,73-74H2,1-4H3,(H2,75,95)(H2,76,96)(H,77,79)(H,80,103)(H,81,98)(H,82,99)(H,83,102)(H,84,106)(H,85,105)(H,86,108)(H,87,100)(H,88,107)(H,89,101)(H,90,97)(H,91,104)(H,109,110)/t37-,44-,46?,47?,48-,49-,50?,51-,52?,53-,54-,55?,58?,59-/m0/s1. The van der Waals surface area contributed by atoms with Crippen molar-refractivity contribution >= 4 is 121 Å². The van der Waals surface area contributed by atoms with Gasteiger partial charge in [0.05, 0.1) is 44.1 Å². The molecule has 1 fully saturated rings. The van der Waals surface area contributed by atoms with Gasteiger partial charge in [0.1, 0.15) is 78.3 Å². The first-order chi connectivity index (χ1) is 53.3. The summed E-state index contributed by atoms with van der Waals surface area (Å²) in [7, 11) is 1.79.